The molecule has 0 aromatic heterocycles. The number of benzene rings is 1. The fourth-order valence-corrected chi connectivity index (χ4v) is 2.92. The second-order valence-electron chi connectivity index (χ2n) is 5.70. The fraction of sp³-hybridized carbons (Fsp3) is 0.600. The van der Waals surface area contributed by atoms with Crippen LogP contribution in [0.3, 0.4) is 0 Å². The van der Waals surface area contributed by atoms with Crippen LogP contribution in [0, 0.1) is 5.92 Å². The summed E-state index contributed by atoms with van der Waals surface area (Å²) in [6.07, 6.45) is 7.16. The van der Waals surface area contributed by atoms with Crippen LogP contribution in [0.25, 0.3) is 0 Å². The van der Waals surface area contributed by atoms with Gasteiger partial charge in [-0.3, -0.25) is 0 Å². The zero-order valence-electron chi connectivity index (χ0n) is 10.6. The lowest BCUT2D eigenvalue weighted by molar-refractivity contribution is 0.363. The van der Waals surface area contributed by atoms with Gasteiger partial charge in [0.2, 0.25) is 0 Å². The summed E-state index contributed by atoms with van der Waals surface area (Å²) in [4.78, 5) is 0. The maximum Gasteiger partial charge on any atom is 0.0406 e. The molecule has 0 aliphatic heterocycles. The van der Waals surface area contributed by atoms with Gasteiger partial charge in [-0.25, -0.2) is 0 Å². The quantitative estimate of drug-likeness (QED) is 0.784. The zero-order valence-corrected chi connectivity index (χ0v) is 11.3. The molecular weight excluding hydrogens is 230 g/mol. The molecule has 2 unspecified atom stereocenters. The third-order valence-electron chi connectivity index (χ3n) is 3.98. The minimum Gasteiger partial charge on any atom is -0.325 e. The summed E-state index contributed by atoms with van der Waals surface area (Å²) in [5, 5.41) is 0.800. The highest BCUT2D eigenvalue weighted by Crippen LogP contribution is 2.31. The van der Waals surface area contributed by atoms with Gasteiger partial charge in [0.25, 0.3) is 0 Å². The molecule has 2 heteroatoms. The van der Waals surface area contributed by atoms with Gasteiger partial charge < -0.3 is 5.73 Å². The van der Waals surface area contributed by atoms with Crippen LogP contribution in [0.1, 0.15) is 44.6 Å². The van der Waals surface area contributed by atoms with Gasteiger partial charge in [-0.15, -0.1) is 0 Å². The van der Waals surface area contributed by atoms with Gasteiger partial charge in [-0.05, 0) is 49.3 Å². The maximum atomic E-state index is 6.56. The Bertz CT molecular complexity index is 360. The van der Waals surface area contributed by atoms with E-state index in [1.807, 2.05) is 12.1 Å². The normalized spacial score (nSPS) is 29.9. The molecule has 2 N–H and O–H groups in total. The Balaban J connectivity index is 2.03. The number of hydrogen-bond acceptors (Lipinski definition) is 1. The molecule has 0 spiro atoms. The fourth-order valence-electron chi connectivity index (χ4n) is 2.79. The summed E-state index contributed by atoms with van der Waals surface area (Å²) in [5.74, 6) is 0.839. The molecule has 1 fully saturated rings. The summed E-state index contributed by atoms with van der Waals surface area (Å²) in [6.45, 7) is 2.34. The van der Waals surface area contributed by atoms with Crippen LogP contribution in [0.5, 0.6) is 0 Å². The van der Waals surface area contributed by atoms with E-state index in [1.54, 1.807) is 0 Å². The highest BCUT2D eigenvalue weighted by molar-refractivity contribution is 6.30. The van der Waals surface area contributed by atoms with Gasteiger partial charge in [0.05, 0.1) is 0 Å². The molecular formula is C15H22ClN. The summed E-state index contributed by atoms with van der Waals surface area (Å²) >= 11 is 5.90. The van der Waals surface area contributed by atoms with Gasteiger partial charge in [-0.2, -0.15) is 0 Å². The average Bonchev–Trinajstić information content (AvgIpc) is 2.45. The third kappa shape index (κ3) is 3.72. The highest BCUT2D eigenvalue weighted by Gasteiger charge is 2.28. The van der Waals surface area contributed by atoms with Gasteiger partial charge in [0.1, 0.15) is 0 Å². The van der Waals surface area contributed by atoms with Crippen molar-refractivity contribution in [2.75, 3.05) is 0 Å². The van der Waals surface area contributed by atoms with Crippen LogP contribution in [0.15, 0.2) is 24.3 Å². The van der Waals surface area contributed by atoms with Crippen LogP contribution < -0.4 is 5.73 Å². The first kappa shape index (κ1) is 12.9. The molecule has 1 saturated carbocycles. The van der Waals surface area contributed by atoms with E-state index in [2.05, 4.69) is 19.1 Å². The Morgan fingerprint density at radius 3 is 2.65 bits per heavy atom. The van der Waals surface area contributed by atoms with Crippen LogP contribution in [0.4, 0.5) is 0 Å². The van der Waals surface area contributed by atoms with E-state index in [9.17, 15) is 0 Å². The first-order chi connectivity index (χ1) is 8.07. The van der Waals surface area contributed by atoms with Crippen molar-refractivity contribution in [3.8, 4) is 0 Å². The van der Waals surface area contributed by atoms with Gasteiger partial charge in [-0.1, -0.05) is 43.5 Å². The van der Waals surface area contributed by atoms with Gasteiger partial charge >= 0.3 is 0 Å². The Morgan fingerprint density at radius 1 is 1.24 bits per heavy atom. The van der Waals surface area contributed by atoms with Crippen molar-refractivity contribution in [1.29, 1.82) is 0 Å². The molecule has 1 aromatic rings. The monoisotopic (exact) mass is 251 g/mol. The summed E-state index contributed by atoms with van der Waals surface area (Å²) in [5.41, 5.74) is 7.87. The number of rotatable bonds is 2. The van der Waals surface area contributed by atoms with Crippen molar-refractivity contribution in [2.24, 2.45) is 11.7 Å². The Morgan fingerprint density at radius 2 is 1.94 bits per heavy atom. The smallest absolute Gasteiger partial charge is 0.0406 e. The molecule has 0 radical (unpaired) electrons. The van der Waals surface area contributed by atoms with Crippen molar-refractivity contribution >= 4 is 11.6 Å². The molecule has 0 amide bonds. The van der Waals surface area contributed by atoms with E-state index in [1.165, 1.54) is 24.8 Å². The van der Waals surface area contributed by atoms with Crippen molar-refractivity contribution in [1.82, 2.24) is 0 Å². The molecule has 1 aliphatic rings. The third-order valence-corrected chi connectivity index (χ3v) is 4.23. The largest absolute Gasteiger partial charge is 0.325 e. The van der Waals surface area contributed by atoms with Crippen LogP contribution in [-0.2, 0) is 6.42 Å². The summed E-state index contributed by atoms with van der Waals surface area (Å²) < 4.78 is 0. The van der Waals surface area contributed by atoms with Crippen LogP contribution in [0.2, 0.25) is 5.02 Å². The summed E-state index contributed by atoms with van der Waals surface area (Å²) in [7, 11) is 0. The van der Waals surface area contributed by atoms with E-state index in [4.69, 9.17) is 17.3 Å². The topological polar surface area (TPSA) is 26.0 Å². The van der Waals surface area contributed by atoms with E-state index >= 15 is 0 Å². The Labute approximate surface area is 109 Å². The lowest BCUT2D eigenvalue weighted by atomic mass is 9.84. The maximum absolute atomic E-state index is 6.56. The molecule has 17 heavy (non-hydrogen) atoms. The molecule has 94 valence electrons. The molecule has 0 heterocycles. The Kier molecular flexibility index (Phi) is 4.11. The van der Waals surface area contributed by atoms with Crippen molar-refractivity contribution in [2.45, 2.75) is 51.0 Å². The zero-order chi connectivity index (χ0) is 12.3. The minimum atomic E-state index is -0.00140. The first-order valence-electron chi connectivity index (χ1n) is 6.61. The highest BCUT2D eigenvalue weighted by atomic mass is 35.5. The van der Waals surface area contributed by atoms with E-state index in [-0.39, 0.29) is 5.54 Å². The predicted octanol–water partition coefficient (Wildman–Crippen LogP) is 4.18. The first-order valence-corrected chi connectivity index (χ1v) is 6.99. The van der Waals surface area contributed by atoms with Crippen molar-refractivity contribution < 1.29 is 0 Å². The lowest BCUT2D eigenvalue weighted by Crippen LogP contribution is -2.41. The van der Waals surface area contributed by atoms with Gasteiger partial charge in [0, 0.05) is 10.6 Å². The number of hydrogen-bond donors (Lipinski definition) is 1. The number of nitrogens with two attached hydrogens (primary N) is 1. The van der Waals surface area contributed by atoms with E-state index < -0.39 is 0 Å². The average molecular weight is 252 g/mol. The van der Waals surface area contributed by atoms with Crippen LogP contribution in [-0.4, -0.2) is 5.54 Å². The van der Waals surface area contributed by atoms with E-state index in [0.29, 0.717) is 0 Å². The molecule has 2 rings (SSSR count). The lowest BCUT2D eigenvalue weighted by Gasteiger charge is -2.28. The van der Waals surface area contributed by atoms with Gasteiger partial charge in [0.15, 0.2) is 0 Å². The molecule has 1 aromatic carbocycles. The Hall–Kier alpha value is -0.530. The molecule has 0 bridgehead atoms. The minimum absolute atomic E-state index is 0.00140. The van der Waals surface area contributed by atoms with Crippen LogP contribution >= 0.6 is 11.6 Å². The van der Waals surface area contributed by atoms with E-state index in [0.717, 1.165) is 30.2 Å². The van der Waals surface area contributed by atoms with Crippen molar-refractivity contribution in [3.05, 3.63) is 34.9 Å². The standard InChI is InChI=1S/C15H22ClN/c1-12-3-2-9-15(17,10-8-12)11-13-4-6-14(16)7-5-13/h4-7,12H,2-3,8-11,17H2,1H3. The summed E-state index contributed by atoms with van der Waals surface area (Å²) in [6, 6.07) is 8.12. The predicted molar refractivity (Wildman–Crippen MR) is 74.3 cm³/mol. The second-order valence-corrected chi connectivity index (χ2v) is 6.14. The molecule has 2 atom stereocenters. The molecule has 1 aliphatic carbocycles. The SMILES string of the molecule is CC1CCCC(N)(Cc2ccc(Cl)cc2)CC1. The van der Waals surface area contributed by atoms with Crippen molar-refractivity contribution in [3.63, 3.8) is 0 Å². The number of halogens is 1. The molecule has 0 saturated heterocycles. The second kappa shape index (κ2) is 5.41. The molecule has 1 nitrogen and oxygen atoms in total.